The summed E-state index contributed by atoms with van der Waals surface area (Å²) in [5.41, 5.74) is 1.04. The molecule has 0 saturated heterocycles. The van der Waals surface area contributed by atoms with Gasteiger partial charge in [0.05, 0.1) is 12.5 Å². The van der Waals surface area contributed by atoms with Crippen molar-refractivity contribution in [1.29, 1.82) is 5.26 Å². The minimum atomic E-state index is -0.472. The van der Waals surface area contributed by atoms with E-state index < -0.39 is 5.97 Å². The van der Waals surface area contributed by atoms with E-state index in [2.05, 4.69) is 6.58 Å². The second-order valence-electron chi connectivity index (χ2n) is 3.11. The highest BCUT2D eigenvalue weighted by molar-refractivity contribution is 5.88. The fraction of sp³-hybridized carbons (Fsp3) is 0.167. The number of hydrogen-bond donors (Lipinski definition) is 0. The van der Waals surface area contributed by atoms with Crippen LogP contribution in [-0.4, -0.2) is 5.97 Å². The van der Waals surface area contributed by atoms with Gasteiger partial charge < -0.3 is 4.74 Å². The zero-order chi connectivity index (χ0) is 11.3. The van der Waals surface area contributed by atoms with Gasteiger partial charge >= 0.3 is 5.97 Å². The standard InChI is InChI=1S/C12H11NO2/c1-9(2)12(14)15-11-6-4-3-5-10(11)7-8-13/h3-6H,1,7H2,2H3. The lowest BCUT2D eigenvalue weighted by atomic mass is 10.1. The van der Waals surface area contributed by atoms with Gasteiger partial charge in [0.15, 0.2) is 0 Å². The molecule has 1 aromatic carbocycles. The summed E-state index contributed by atoms with van der Waals surface area (Å²) in [5.74, 6) is -0.0487. The first-order valence-electron chi connectivity index (χ1n) is 4.47. The SMILES string of the molecule is C=C(C)C(=O)Oc1ccccc1CC#N. The summed E-state index contributed by atoms with van der Waals surface area (Å²) < 4.78 is 5.07. The molecule has 0 spiro atoms. The van der Waals surface area contributed by atoms with Gasteiger partial charge in [0.1, 0.15) is 5.75 Å². The summed E-state index contributed by atoms with van der Waals surface area (Å²) in [5, 5.41) is 8.58. The molecule has 1 rings (SSSR count). The maximum Gasteiger partial charge on any atom is 0.338 e. The van der Waals surface area contributed by atoms with Crippen LogP contribution in [0.3, 0.4) is 0 Å². The van der Waals surface area contributed by atoms with Crippen LogP contribution < -0.4 is 4.74 Å². The summed E-state index contributed by atoms with van der Waals surface area (Å²) in [6.45, 7) is 5.07. The first-order valence-corrected chi connectivity index (χ1v) is 4.47. The highest BCUT2D eigenvalue weighted by Gasteiger charge is 2.08. The van der Waals surface area contributed by atoms with Crippen LogP contribution in [0.25, 0.3) is 0 Å². The van der Waals surface area contributed by atoms with Crippen LogP contribution in [-0.2, 0) is 11.2 Å². The van der Waals surface area contributed by atoms with Crippen molar-refractivity contribution in [2.75, 3.05) is 0 Å². The van der Waals surface area contributed by atoms with Crippen molar-refractivity contribution in [1.82, 2.24) is 0 Å². The molecule has 76 valence electrons. The van der Waals surface area contributed by atoms with Crippen LogP contribution >= 0.6 is 0 Å². The summed E-state index contributed by atoms with van der Waals surface area (Å²) in [4.78, 5) is 11.3. The van der Waals surface area contributed by atoms with Crippen LogP contribution in [0.2, 0.25) is 0 Å². The fourth-order valence-electron chi connectivity index (χ4n) is 1.02. The molecule has 0 aliphatic carbocycles. The van der Waals surface area contributed by atoms with Gasteiger partial charge in [-0.3, -0.25) is 0 Å². The number of carbonyl (C=O) groups is 1. The van der Waals surface area contributed by atoms with E-state index in [0.717, 1.165) is 0 Å². The summed E-state index contributed by atoms with van der Waals surface area (Å²) >= 11 is 0. The van der Waals surface area contributed by atoms with Gasteiger partial charge in [-0.05, 0) is 13.0 Å². The quantitative estimate of drug-likeness (QED) is 0.428. The molecule has 0 fully saturated rings. The second kappa shape index (κ2) is 4.97. The molecule has 0 atom stereocenters. The Hall–Kier alpha value is -2.08. The van der Waals surface area contributed by atoms with E-state index >= 15 is 0 Å². The van der Waals surface area contributed by atoms with Crippen molar-refractivity contribution in [2.24, 2.45) is 0 Å². The van der Waals surface area contributed by atoms with Crippen molar-refractivity contribution in [3.05, 3.63) is 42.0 Å². The predicted molar refractivity (Wildman–Crippen MR) is 56.2 cm³/mol. The van der Waals surface area contributed by atoms with Crippen LogP contribution in [0.5, 0.6) is 5.75 Å². The van der Waals surface area contributed by atoms with E-state index in [1.165, 1.54) is 0 Å². The number of esters is 1. The number of rotatable bonds is 3. The Morgan fingerprint density at radius 3 is 2.80 bits per heavy atom. The minimum absolute atomic E-state index is 0.222. The molecule has 0 N–H and O–H groups in total. The third kappa shape index (κ3) is 2.96. The van der Waals surface area contributed by atoms with Gasteiger partial charge in [-0.15, -0.1) is 0 Å². The van der Waals surface area contributed by atoms with Crippen LogP contribution in [0.1, 0.15) is 12.5 Å². The molecule has 0 aliphatic rings. The van der Waals surface area contributed by atoms with E-state index in [1.54, 1.807) is 31.2 Å². The molecule has 1 aromatic rings. The summed E-state index contributed by atoms with van der Waals surface area (Å²) in [6.07, 6.45) is 0.222. The zero-order valence-corrected chi connectivity index (χ0v) is 8.49. The van der Waals surface area contributed by atoms with E-state index in [-0.39, 0.29) is 6.42 Å². The second-order valence-corrected chi connectivity index (χ2v) is 3.11. The molecule has 0 saturated carbocycles. The topological polar surface area (TPSA) is 50.1 Å². The Labute approximate surface area is 88.6 Å². The lowest BCUT2D eigenvalue weighted by Gasteiger charge is -2.06. The summed E-state index contributed by atoms with van der Waals surface area (Å²) in [6, 6.07) is 8.98. The number of hydrogen-bond acceptors (Lipinski definition) is 3. The molecule has 0 amide bonds. The van der Waals surface area contributed by atoms with E-state index in [0.29, 0.717) is 16.9 Å². The van der Waals surface area contributed by atoms with Gasteiger partial charge in [0.2, 0.25) is 0 Å². The molecule has 3 heteroatoms. The van der Waals surface area contributed by atoms with Crippen molar-refractivity contribution in [2.45, 2.75) is 13.3 Å². The van der Waals surface area contributed by atoms with Crippen molar-refractivity contribution in [3.63, 3.8) is 0 Å². The zero-order valence-electron chi connectivity index (χ0n) is 8.49. The lowest BCUT2D eigenvalue weighted by molar-refractivity contribution is -0.130. The molecular weight excluding hydrogens is 190 g/mol. The van der Waals surface area contributed by atoms with E-state index in [9.17, 15) is 4.79 Å². The molecule has 0 heterocycles. The molecular formula is C12H11NO2. The van der Waals surface area contributed by atoms with Crippen molar-refractivity contribution < 1.29 is 9.53 Å². The van der Waals surface area contributed by atoms with Gasteiger partial charge in [-0.1, -0.05) is 24.8 Å². The number of benzene rings is 1. The molecule has 0 radical (unpaired) electrons. The number of nitrogens with zero attached hydrogens (tertiary/aromatic N) is 1. The normalized spacial score (nSPS) is 9.07. The van der Waals surface area contributed by atoms with Crippen LogP contribution in [0.15, 0.2) is 36.4 Å². The monoisotopic (exact) mass is 201 g/mol. The van der Waals surface area contributed by atoms with E-state index in [1.807, 2.05) is 6.07 Å². The molecule has 0 bridgehead atoms. The van der Waals surface area contributed by atoms with E-state index in [4.69, 9.17) is 10.00 Å². The molecule has 15 heavy (non-hydrogen) atoms. The molecule has 0 aliphatic heterocycles. The number of nitriles is 1. The minimum Gasteiger partial charge on any atom is -0.423 e. The number of para-hydroxylation sites is 1. The Morgan fingerprint density at radius 2 is 2.20 bits per heavy atom. The third-order valence-electron chi connectivity index (χ3n) is 1.79. The highest BCUT2D eigenvalue weighted by Crippen LogP contribution is 2.19. The number of carbonyl (C=O) groups excluding carboxylic acids is 1. The Balaban J connectivity index is 2.90. The first-order chi connectivity index (χ1) is 7.15. The maximum absolute atomic E-state index is 11.3. The van der Waals surface area contributed by atoms with Crippen LogP contribution in [0.4, 0.5) is 0 Å². The van der Waals surface area contributed by atoms with Gasteiger partial charge in [0.25, 0.3) is 0 Å². The van der Waals surface area contributed by atoms with Gasteiger partial charge in [-0.2, -0.15) is 5.26 Å². The Kier molecular flexibility index (Phi) is 3.64. The predicted octanol–water partition coefficient (Wildman–Crippen LogP) is 2.23. The highest BCUT2D eigenvalue weighted by atomic mass is 16.5. The van der Waals surface area contributed by atoms with Crippen molar-refractivity contribution >= 4 is 5.97 Å². The average molecular weight is 201 g/mol. The lowest BCUT2D eigenvalue weighted by Crippen LogP contribution is -2.09. The van der Waals surface area contributed by atoms with Crippen LogP contribution in [0, 0.1) is 11.3 Å². The first kappa shape index (κ1) is 11.0. The molecule has 3 nitrogen and oxygen atoms in total. The smallest absolute Gasteiger partial charge is 0.338 e. The Morgan fingerprint density at radius 1 is 1.53 bits per heavy atom. The molecule has 0 aromatic heterocycles. The molecule has 0 unspecified atom stereocenters. The van der Waals surface area contributed by atoms with Gasteiger partial charge in [-0.25, -0.2) is 4.79 Å². The fourth-order valence-corrected chi connectivity index (χ4v) is 1.02. The Bertz CT molecular complexity index is 429. The summed E-state index contributed by atoms with van der Waals surface area (Å²) in [7, 11) is 0. The maximum atomic E-state index is 11.3. The number of ether oxygens (including phenoxy) is 1. The third-order valence-corrected chi connectivity index (χ3v) is 1.79. The van der Waals surface area contributed by atoms with Crippen molar-refractivity contribution in [3.8, 4) is 11.8 Å². The largest absolute Gasteiger partial charge is 0.423 e. The van der Waals surface area contributed by atoms with Gasteiger partial charge in [0, 0.05) is 11.1 Å². The average Bonchev–Trinajstić information content (AvgIpc) is 2.21.